The van der Waals surface area contributed by atoms with Gasteiger partial charge in [0, 0.05) is 5.92 Å². The van der Waals surface area contributed by atoms with Gasteiger partial charge in [0.15, 0.2) is 0 Å². The standard InChI is InChI=1S/C5H9BO3/c7-6(8)2-1-5-3-9-4-5/h1-2,5,7-8H,3-4H2/b2-1+. The molecule has 0 aromatic rings. The van der Waals surface area contributed by atoms with E-state index in [2.05, 4.69) is 0 Å². The molecule has 1 saturated heterocycles. The highest BCUT2D eigenvalue weighted by Crippen LogP contribution is 2.10. The first kappa shape index (κ1) is 6.80. The van der Waals surface area contributed by atoms with Gasteiger partial charge in [0.25, 0.3) is 0 Å². The number of hydrogen-bond donors (Lipinski definition) is 2. The molecule has 0 bridgehead atoms. The Balaban J connectivity index is 2.14. The molecule has 0 aromatic carbocycles. The lowest BCUT2D eigenvalue weighted by atomic mass is 9.89. The maximum atomic E-state index is 8.35. The minimum Gasteiger partial charge on any atom is -0.424 e. The van der Waals surface area contributed by atoms with Crippen molar-refractivity contribution < 1.29 is 14.8 Å². The fraction of sp³-hybridized carbons (Fsp3) is 0.600. The number of rotatable bonds is 2. The van der Waals surface area contributed by atoms with Crippen molar-refractivity contribution in [3.8, 4) is 0 Å². The summed E-state index contributed by atoms with van der Waals surface area (Å²) < 4.78 is 4.85. The van der Waals surface area contributed by atoms with Crippen LogP contribution in [-0.2, 0) is 4.74 Å². The van der Waals surface area contributed by atoms with E-state index in [1.165, 1.54) is 5.98 Å². The molecule has 0 aromatic heterocycles. The quantitative estimate of drug-likeness (QED) is 0.478. The summed E-state index contributed by atoms with van der Waals surface area (Å²) in [4.78, 5) is 0. The molecule has 2 N–H and O–H groups in total. The first-order valence-electron chi connectivity index (χ1n) is 2.91. The van der Waals surface area contributed by atoms with Crippen molar-refractivity contribution in [2.75, 3.05) is 13.2 Å². The van der Waals surface area contributed by atoms with E-state index in [0.717, 1.165) is 0 Å². The van der Waals surface area contributed by atoms with E-state index in [-0.39, 0.29) is 0 Å². The predicted molar refractivity (Wildman–Crippen MR) is 33.6 cm³/mol. The van der Waals surface area contributed by atoms with Gasteiger partial charge in [-0.2, -0.15) is 0 Å². The molecule has 1 aliphatic heterocycles. The van der Waals surface area contributed by atoms with Crippen molar-refractivity contribution in [1.29, 1.82) is 0 Å². The third-order valence-corrected chi connectivity index (χ3v) is 1.22. The molecule has 1 heterocycles. The van der Waals surface area contributed by atoms with E-state index < -0.39 is 7.12 Å². The van der Waals surface area contributed by atoms with Gasteiger partial charge < -0.3 is 14.8 Å². The molecule has 0 saturated carbocycles. The highest BCUT2D eigenvalue weighted by atomic mass is 16.5. The zero-order valence-electron chi connectivity index (χ0n) is 5.03. The Labute approximate surface area is 54.1 Å². The molecule has 4 heteroatoms. The van der Waals surface area contributed by atoms with Gasteiger partial charge in [-0.3, -0.25) is 0 Å². The minimum atomic E-state index is -1.31. The summed E-state index contributed by atoms with van der Waals surface area (Å²) in [6.07, 6.45) is 1.76. The van der Waals surface area contributed by atoms with Crippen LogP contribution >= 0.6 is 0 Å². The lowest BCUT2D eigenvalue weighted by Crippen LogP contribution is -2.25. The van der Waals surface area contributed by atoms with Crippen molar-refractivity contribution in [2.24, 2.45) is 5.92 Å². The molecular formula is C5H9BO3. The molecule has 9 heavy (non-hydrogen) atoms. The summed E-state index contributed by atoms with van der Waals surface area (Å²) in [6, 6.07) is 0. The number of hydrogen-bond acceptors (Lipinski definition) is 3. The van der Waals surface area contributed by atoms with E-state index in [4.69, 9.17) is 14.8 Å². The van der Waals surface area contributed by atoms with Gasteiger partial charge in [-0.05, 0) is 0 Å². The van der Waals surface area contributed by atoms with Gasteiger partial charge >= 0.3 is 7.12 Å². The monoisotopic (exact) mass is 128 g/mol. The molecule has 0 amide bonds. The largest absolute Gasteiger partial charge is 0.480 e. The van der Waals surface area contributed by atoms with Crippen LogP contribution in [-0.4, -0.2) is 30.4 Å². The third-order valence-electron chi connectivity index (χ3n) is 1.22. The fourth-order valence-electron chi connectivity index (χ4n) is 0.622. The lowest BCUT2D eigenvalue weighted by Gasteiger charge is -2.22. The van der Waals surface area contributed by atoms with Crippen LogP contribution in [0.15, 0.2) is 12.1 Å². The Morgan fingerprint density at radius 3 is 2.44 bits per heavy atom. The molecule has 0 spiro atoms. The van der Waals surface area contributed by atoms with Crippen molar-refractivity contribution >= 4 is 7.12 Å². The Morgan fingerprint density at radius 2 is 2.11 bits per heavy atom. The normalized spacial score (nSPS) is 20.2. The predicted octanol–water partition coefficient (Wildman–Crippen LogP) is -0.799. The SMILES string of the molecule is OB(O)/C=C/C1COC1. The highest BCUT2D eigenvalue weighted by molar-refractivity contribution is 6.47. The van der Waals surface area contributed by atoms with Gasteiger partial charge in [0.1, 0.15) is 0 Å². The Morgan fingerprint density at radius 1 is 1.44 bits per heavy atom. The maximum Gasteiger partial charge on any atom is 0.480 e. The van der Waals surface area contributed by atoms with Gasteiger partial charge in [0.05, 0.1) is 13.2 Å². The van der Waals surface area contributed by atoms with Crippen LogP contribution < -0.4 is 0 Å². The zero-order valence-corrected chi connectivity index (χ0v) is 5.03. The van der Waals surface area contributed by atoms with E-state index in [9.17, 15) is 0 Å². The average molecular weight is 128 g/mol. The van der Waals surface area contributed by atoms with E-state index in [1.54, 1.807) is 6.08 Å². The second kappa shape index (κ2) is 3.01. The molecule has 1 aliphatic rings. The first-order chi connectivity index (χ1) is 4.29. The van der Waals surface area contributed by atoms with Crippen LogP contribution in [0.25, 0.3) is 0 Å². The van der Waals surface area contributed by atoms with Crippen LogP contribution in [0.4, 0.5) is 0 Å². The van der Waals surface area contributed by atoms with Crippen molar-refractivity contribution in [1.82, 2.24) is 0 Å². The fourth-order valence-corrected chi connectivity index (χ4v) is 0.622. The van der Waals surface area contributed by atoms with Gasteiger partial charge in [-0.25, -0.2) is 0 Å². The average Bonchev–Trinajstić information content (AvgIpc) is 1.60. The topological polar surface area (TPSA) is 49.7 Å². The van der Waals surface area contributed by atoms with E-state index in [0.29, 0.717) is 19.1 Å². The van der Waals surface area contributed by atoms with Crippen molar-refractivity contribution in [2.45, 2.75) is 0 Å². The zero-order chi connectivity index (χ0) is 6.69. The summed E-state index contributed by atoms with van der Waals surface area (Å²) in [5.41, 5.74) is 0. The maximum absolute atomic E-state index is 8.35. The summed E-state index contributed by atoms with van der Waals surface area (Å²) in [7, 11) is -1.31. The third kappa shape index (κ3) is 2.18. The summed E-state index contributed by atoms with van der Waals surface area (Å²) >= 11 is 0. The molecule has 50 valence electrons. The van der Waals surface area contributed by atoms with Gasteiger partial charge in [-0.1, -0.05) is 12.1 Å². The van der Waals surface area contributed by atoms with E-state index in [1.807, 2.05) is 0 Å². The molecular weight excluding hydrogens is 119 g/mol. The van der Waals surface area contributed by atoms with Crippen molar-refractivity contribution in [3.05, 3.63) is 12.1 Å². The first-order valence-corrected chi connectivity index (χ1v) is 2.91. The van der Waals surface area contributed by atoms with Crippen LogP contribution in [0.5, 0.6) is 0 Å². The van der Waals surface area contributed by atoms with Crippen LogP contribution in [0, 0.1) is 5.92 Å². The van der Waals surface area contributed by atoms with Crippen LogP contribution in [0.3, 0.4) is 0 Å². The summed E-state index contributed by atoms with van der Waals surface area (Å²) in [5, 5.41) is 16.7. The Bertz CT molecular complexity index is 109. The molecule has 0 unspecified atom stereocenters. The van der Waals surface area contributed by atoms with Crippen molar-refractivity contribution in [3.63, 3.8) is 0 Å². The molecule has 3 nitrogen and oxygen atoms in total. The highest BCUT2D eigenvalue weighted by Gasteiger charge is 2.14. The summed E-state index contributed by atoms with van der Waals surface area (Å²) in [6.45, 7) is 1.42. The van der Waals surface area contributed by atoms with E-state index >= 15 is 0 Å². The van der Waals surface area contributed by atoms with Gasteiger partial charge in [0.2, 0.25) is 0 Å². The molecule has 0 atom stereocenters. The van der Waals surface area contributed by atoms with Crippen LogP contribution in [0.2, 0.25) is 0 Å². The Hall–Kier alpha value is -0.315. The Kier molecular flexibility index (Phi) is 2.27. The number of ether oxygens (including phenoxy) is 1. The minimum absolute atomic E-state index is 0.395. The molecule has 1 fully saturated rings. The molecule has 0 radical (unpaired) electrons. The van der Waals surface area contributed by atoms with Crippen LogP contribution in [0.1, 0.15) is 0 Å². The second-order valence-corrected chi connectivity index (χ2v) is 2.10. The lowest BCUT2D eigenvalue weighted by molar-refractivity contribution is -0.00765. The smallest absolute Gasteiger partial charge is 0.424 e. The van der Waals surface area contributed by atoms with Gasteiger partial charge in [-0.15, -0.1) is 0 Å². The molecule has 0 aliphatic carbocycles. The molecule has 1 rings (SSSR count). The second-order valence-electron chi connectivity index (χ2n) is 2.10. The summed E-state index contributed by atoms with van der Waals surface area (Å²) in [5.74, 6) is 1.75.